The molecule has 1 amide bonds. The Labute approximate surface area is 240 Å². The summed E-state index contributed by atoms with van der Waals surface area (Å²) in [6.45, 7) is 5.30. The topological polar surface area (TPSA) is 136 Å². The molecule has 5 heterocycles. The van der Waals surface area contributed by atoms with Gasteiger partial charge in [0.2, 0.25) is 11.8 Å². The molecule has 12 nitrogen and oxygen atoms in total. The normalized spacial score (nSPS) is 17.9. The fourth-order valence-electron chi connectivity index (χ4n) is 4.97. The van der Waals surface area contributed by atoms with Crippen LogP contribution < -0.4 is 10.6 Å². The standard InChI is InChI=1S/C28H31F2N9O3/c1-28(2,25(29)30)26-37-36-24(42-26)23(40)34-22-7-9-39(19-14-41-15-19)12-17-10-16(4-5-20(17)22)21-6-8-31-27(35-21)33-18-11-32-38(3)13-18/h4-6,8,10-11,13,19,22,25H,7,9,12,14-15H2,1-3H3,(H,34,40)(H,31,33,35). The molecule has 0 bridgehead atoms. The summed E-state index contributed by atoms with van der Waals surface area (Å²) in [5.41, 5.74) is 2.73. The average molecular weight is 580 g/mol. The number of ether oxygens (including phenoxy) is 1. The molecule has 14 heteroatoms. The van der Waals surface area contributed by atoms with Crippen molar-refractivity contribution in [1.82, 2.24) is 40.2 Å². The highest BCUT2D eigenvalue weighted by Crippen LogP contribution is 2.33. The predicted molar refractivity (Wildman–Crippen MR) is 147 cm³/mol. The van der Waals surface area contributed by atoms with Crippen molar-refractivity contribution < 1.29 is 22.7 Å². The Bertz CT molecular complexity index is 1580. The number of carbonyl (C=O) groups excluding carboxylic acids is 1. The lowest BCUT2D eigenvalue weighted by molar-refractivity contribution is -0.0678. The van der Waals surface area contributed by atoms with E-state index >= 15 is 0 Å². The lowest BCUT2D eigenvalue weighted by Gasteiger charge is -2.36. The fraction of sp³-hybridized carbons (Fsp3) is 0.429. The van der Waals surface area contributed by atoms with E-state index in [2.05, 4.69) is 41.9 Å². The number of anilines is 2. The van der Waals surface area contributed by atoms with Gasteiger partial charge in [0.05, 0.1) is 42.9 Å². The third kappa shape index (κ3) is 5.59. The molecule has 0 spiro atoms. The predicted octanol–water partition coefficient (Wildman–Crippen LogP) is 3.62. The fourth-order valence-corrected chi connectivity index (χ4v) is 4.97. The van der Waals surface area contributed by atoms with E-state index in [9.17, 15) is 13.6 Å². The first-order valence-corrected chi connectivity index (χ1v) is 13.6. The molecule has 2 N–H and O–H groups in total. The van der Waals surface area contributed by atoms with Crippen molar-refractivity contribution in [3.63, 3.8) is 0 Å². The highest BCUT2D eigenvalue weighted by Gasteiger charge is 2.38. The second-order valence-corrected chi connectivity index (χ2v) is 11.1. The van der Waals surface area contributed by atoms with Crippen LogP contribution in [0.3, 0.4) is 0 Å². The maximum Gasteiger partial charge on any atom is 0.309 e. The number of benzene rings is 1. The number of aromatic nitrogens is 6. The van der Waals surface area contributed by atoms with Crippen LogP contribution in [-0.4, -0.2) is 73.0 Å². The van der Waals surface area contributed by atoms with Crippen molar-refractivity contribution in [2.75, 3.05) is 25.1 Å². The Morgan fingerprint density at radius 3 is 2.74 bits per heavy atom. The SMILES string of the molecule is Cn1cc(Nc2nccc(-c3ccc4c(c3)CN(C3COC3)CCC4NC(=O)c3nnc(C(C)(C)C(F)F)o3)n2)cn1. The molecule has 0 aliphatic carbocycles. The molecule has 1 aromatic carbocycles. The summed E-state index contributed by atoms with van der Waals surface area (Å²) in [7, 11) is 1.83. The Kier molecular flexibility index (Phi) is 7.41. The molecule has 1 saturated heterocycles. The van der Waals surface area contributed by atoms with Gasteiger partial charge in [-0.15, -0.1) is 10.2 Å². The number of hydrogen-bond donors (Lipinski definition) is 2. The van der Waals surface area contributed by atoms with Crippen LogP contribution in [0, 0.1) is 0 Å². The summed E-state index contributed by atoms with van der Waals surface area (Å²) in [6, 6.07) is 7.81. The zero-order valence-electron chi connectivity index (χ0n) is 23.4. The van der Waals surface area contributed by atoms with Crippen LogP contribution in [0.4, 0.5) is 20.4 Å². The molecule has 0 saturated carbocycles. The van der Waals surface area contributed by atoms with Crippen LogP contribution in [0.25, 0.3) is 11.3 Å². The number of alkyl halides is 2. The summed E-state index contributed by atoms with van der Waals surface area (Å²) < 4.78 is 39.4. The van der Waals surface area contributed by atoms with E-state index in [1.165, 1.54) is 13.8 Å². The minimum Gasteiger partial charge on any atom is -0.416 e. The number of nitrogens with zero attached hydrogens (tertiary/aromatic N) is 7. The molecular formula is C28H31F2N9O3. The van der Waals surface area contributed by atoms with Gasteiger partial charge in [0.15, 0.2) is 0 Å². The van der Waals surface area contributed by atoms with Gasteiger partial charge in [0, 0.05) is 38.1 Å². The quantitative estimate of drug-likeness (QED) is 0.319. The van der Waals surface area contributed by atoms with E-state index in [-0.39, 0.29) is 17.8 Å². The molecule has 3 aromatic heterocycles. The summed E-state index contributed by atoms with van der Waals surface area (Å²) >= 11 is 0. The minimum absolute atomic E-state index is 0.285. The largest absolute Gasteiger partial charge is 0.416 e. The van der Waals surface area contributed by atoms with Gasteiger partial charge in [0.25, 0.3) is 6.43 Å². The van der Waals surface area contributed by atoms with E-state index in [0.717, 1.165) is 34.6 Å². The van der Waals surface area contributed by atoms with Crippen molar-refractivity contribution in [3.05, 3.63) is 65.8 Å². The summed E-state index contributed by atoms with van der Waals surface area (Å²) in [5, 5.41) is 17.8. The lowest BCUT2D eigenvalue weighted by atomic mass is 9.94. The maximum atomic E-state index is 13.4. The number of aryl methyl sites for hydroxylation is 1. The summed E-state index contributed by atoms with van der Waals surface area (Å²) in [4.78, 5) is 24.5. The molecule has 1 atom stereocenters. The van der Waals surface area contributed by atoms with Crippen molar-refractivity contribution >= 4 is 17.5 Å². The molecule has 2 aliphatic rings. The first-order chi connectivity index (χ1) is 20.2. The van der Waals surface area contributed by atoms with Gasteiger partial charge in [-0.05, 0) is 43.5 Å². The van der Waals surface area contributed by atoms with Crippen molar-refractivity contribution in [3.8, 4) is 11.3 Å². The van der Waals surface area contributed by atoms with Gasteiger partial charge in [-0.2, -0.15) is 5.10 Å². The molecule has 220 valence electrons. The third-order valence-electron chi connectivity index (χ3n) is 7.67. The number of rotatable bonds is 8. The van der Waals surface area contributed by atoms with Crippen LogP contribution in [0.15, 0.2) is 47.3 Å². The van der Waals surface area contributed by atoms with E-state index in [4.69, 9.17) is 14.1 Å². The van der Waals surface area contributed by atoms with Gasteiger partial charge < -0.3 is 19.8 Å². The van der Waals surface area contributed by atoms with E-state index in [1.807, 2.05) is 31.4 Å². The van der Waals surface area contributed by atoms with Crippen LogP contribution in [0.1, 0.15) is 54.0 Å². The van der Waals surface area contributed by atoms with Gasteiger partial charge in [-0.1, -0.05) is 12.1 Å². The third-order valence-corrected chi connectivity index (χ3v) is 7.67. The molecule has 1 unspecified atom stereocenters. The van der Waals surface area contributed by atoms with Crippen LogP contribution in [0.2, 0.25) is 0 Å². The lowest BCUT2D eigenvalue weighted by Crippen LogP contribution is -2.48. The smallest absolute Gasteiger partial charge is 0.309 e. The van der Waals surface area contributed by atoms with Gasteiger partial charge in [-0.3, -0.25) is 14.4 Å². The van der Waals surface area contributed by atoms with Crippen molar-refractivity contribution in [2.24, 2.45) is 7.05 Å². The molecule has 1 fully saturated rings. The zero-order chi connectivity index (χ0) is 29.4. The van der Waals surface area contributed by atoms with Gasteiger partial charge >= 0.3 is 11.8 Å². The number of fused-ring (bicyclic) bond motifs is 1. The Morgan fingerprint density at radius 2 is 2.02 bits per heavy atom. The highest BCUT2D eigenvalue weighted by molar-refractivity contribution is 5.89. The number of nitrogens with one attached hydrogen (secondary N) is 2. The monoisotopic (exact) mass is 579 g/mol. The van der Waals surface area contributed by atoms with E-state index in [0.29, 0.717) is 38.2 Å². The van der Waals surface area contributed by atoms with Crippen LogP contribution in [0.5, 0.6) is 0 Å². The molecule has 2 aliphatic heterocycles. The second-order valence-electron chi connectivity index (χ2n) is 11.1. The van der Waals surface area contributed by atoms with E-state index in [1.54, 1.807) is 17.1 Å². The molecule has 4 aromatic rings. The number of amides is 1. The maximum absolute atomic E-state index is 13.4. The minimum atomic E-state index is -2.73. The Balaban J connectivity index is 1.26. The van der Waals surface area contributed by atoms with E-state index < -0.39 is 17.7 Å². The zero-order valence-corrected chi connectivity index (χ0v) is 23.4. The Hall–Kier alpha value is -4.30. The van der Waals surface area contributed by atoms with Gasteiger partial charge in [0.1, 0.15) is 5.41 Å². The Morgan fingerprint density at radius 1 is 1.19 bits per heavy atom. The van der Waals surface area contributed by atoms with Crippen LogP contribution in [-0.2, 0) is 23.7 Å². The van der Waals surface area contributed by atoms with Crippen molar-refractivity contribution in [1.29, 1.82) is 0 Å². The first-order valence-electron chi connectivity index (χ1n) is 13.6. The highest BCUT2D eigenvalue weighted by atomic mass is 19.3. The summed E-state index contributed by atoms with van der Waals surface area (Å²) in [6.07, 6.45) is 3.13. The number of carbonyl (C=O) groups is 1. The van der Waals surface area contributed by atoms with Crippen molar-refractivity contribution in [2.45, 2.75) is 50.7 Å². The first kappa shape index (κ1) is 27.8. The van der Waals surface area contributed by atoms with Gasteiger partial charge in [-0.25, -0.2) is 18.7 Å². The molecule has 0 radical (unpaired) electrons. The summed E-state index contributed by atoms with van der Waals surface area (Å²) in [5.74, 6) is -0.795. The number of hydrogen-bond acceptors (Lipinski definition) is 10. The molecule has 42 heavy (non-hydrogen) atoms. The molecule has 6 rings (SSSR count). The second kappa shape index (κ2) is 11.2. The van der Waals surface area contributed by atoms with Crippen LogP contribution >= 0.6 is 0 Å². The average Bonchev–Trinajstić information content (AvgIpc) is 3.56. The molecular weight excluding hydrogens is 548 g/mol. The number of halogens is 2.